The van der Waals surface area contributed by atoms with Crippen LogP contribution in [0.3, 0.4) is 0 Å². The van der Waals surface area contributed by atoms with Gasteiger partial charge in [0.2, 0.25) is 17.7 Å². The number of nitrogens with one attached hydrogen (secondary N) is 4. The molecule has 218 valence electrons. The summed E-state index contributed by atoms with van der Waals surface area (Å²) in [7, 11) is 1.60. The number of aromatic nitrogens is 4. The molecule has 4 aromatic rings. The Morgan fingerprint density at radius 1 is 0.905 bits per heavy atom. The van der Waals surface area contributed by atoms with E-state index in [2.05, 4.69) is 26.3 Å². The molecule has 5 heterocycles. The standard InChI is InChI=1S/C30H33ClN8O3/c1-42-30-18(13-32-14-19-6-11-27(40)35-19)5-8-24(37-30)22-3-2-4-23(29(22)31)25-9-10-26-34-21(17-39(26)38-25)16-33-15-20-7-12-28(41)36-20/h2-5,8-10,17,19-20,32-33H,6-7,11-16H2,1H3,(H,35,40)(H,36,41)/t19-,20-/m0/s1. The smallest absolute Gasteiger partial charge is 0.220 e. The van der Waals surface area contributed by atoms with E-state index in [-0.39, 0.29) is 23.9 Å². The van der Waals surface area contributed by atoms with Gasteiger partial charge in [0.25, 0.3) is 0 Å². The average Bonchev–Trinajstić information content (AvgIpc) is 3.72. The second kappa shape index (κ2) is 12.4. The Balaban J connectivity index is 1.15. The molecule has 12 heteroatoms. The van der Waals surface area contributed by atoms with Crippen LogP contribution in [-0.2, 0) is 22.7 Å². The highest BCUT2D eigenvalue weighted by molar-refractivity contribution is 6.36. The monoisotopic (exact) mass is 588 g/mol. The van der Waals surface area contributed by atoms with Crippen LogP contribution in [0.2, 0.25) is 5.02 Å². The fourth-order valence-electron chi connectivity index (χ4n) is 5.43. The molecule has 2 fully saturated rings. The zero-order valence-electron chi connectivity index (χ0n) is 23.3. The van der Waals surface area contributed by atoms with Crippen molar-refractivity contribution in [2.45, 2.75) is 50.9 Å². The minimum atomic E-state index is 0.106. The van der Waals surface area contributed by atoms with Gasteiger partial charge in [0.15, 0.2) is 5.65 Å². The van der Waals surface area contributed by atoms with Gasteiger partial charge in [-0.25, -0.2) is 14.5 Å². The molecule has 2 aliphatic rings. The van der Waals surface area contributed by atoms with Gasteiger partial charge in [-0.2, -0.15) is 5.10 Å². The summed E-state index contributed by atoms with van der Waals surface area (Å²) in [6.45, 7) is 2.55. The van der Waals surface area contributed by atoms with Crippen molar-refractivity contribution in [1.29, 1.82) is 0 Å². The Hall–Kier alpha value is -4.06. The lowest BCUT2D eigenvalue weighted by Gasteiger charge is -2.14. The highest BCUT2D eigenvalue weighted by atomic mass is 35.5. The number of rotatable bonds is 11. The predicted octanol–water partition coefficient (Wildman–Crippen LogP) is 2.86. The van der Waals surface area contributed by atoms with Crippen LogP contribution in [0.25, 0.3) is 28.2 Å². The lowest BCUT2D eigenvalue weighted by atomic mass is 10.0. The van der Waals surface area contributed by atoms with Crippen molar-refractivity contribution < 1.29 is 14.3 Å². The van der Waals surface area contributed by atoms with Gasteiger partial charge in [-0.1, -0.05) is 35.9 Å². The van der Waals surface area contributed by atoms with Gasteiger partial charge < -0.3 is 26.0 Å². The number of amides is 2. The van der Waals surface area contributed by atoms with Crippen molar-refractivity contribution in [2.75, 3.05) is 20.2 Å². The molecule has 0 radical (unpaired) electrons. The number of imidazole rings is 1. The van der Waals surface area contributed by atoms with Gasteiger partial charge in [-0.3, -0.25) is 9.59 Å². The van der Waals surface area contributed by atoms with E-state index >= 15 is 0 Å². The molecule has 1 aromatic carbocycles. The average molecular weight is 589 g/mol. The molecule has 2 atom stereocenters. The zero-order valence-corrected chi connectivity index (χ0v) is 24.1. The maximum atomic E-state index is 11.4. The zero-order chi connectivity index (χ0) is 29.1. The number of nitrogens with zero attached hydrogens (tertiary/aromatic N) is 4. The number of hydrogen-bond donors (Lipinski definition) is 4. The van der Waals surface area contributed by atoms with Crippen molar-refractivity contribution in [3.63, 3.8) is 0 Å². The molecule has 4 N–H and O–H groups in total. The van der Waals surface area contributed by atoms with Crippen LogP contribution < -0.4 is 26.0 Å². The fraction of sp³-hybridized carbons (Fsp3) is 0.367. The van der Waals surface area contributed by atoms with E-state index in [4.69, 9.17) is 26.4 Å². The molecular weight excluding hydrogens is 556 g/mol. The Morgan fingerprint density at radius 2 is 1.57 bits per heavy atom. The van der Waals surface area contributed by atoms with E-state index in [9.17, 15) is 9.59 Å². The minimum Gasteiger partial charge on any atom is -0.481 e. The van der Waals surface area contributed by atoms with Gasteiger partial charge in [0, 0.05) is 67.8 Å². The van der Waals surface area contributed by atoms with Crippen molar-refractivity contribution >= 4 is 29.1 Å². The van der Waals surface area contributed by atoms with Crippen molar-refractivity contribution in [3.05, 3.63) is 64.9 Å². The molecule has 42 heavy (non-hydrogen) atoms. The molecule has 0 spiro atoms. The largest absolute Gasteiger partial charge is 0.481 e. The highest BCUT2D eigenvalue weighted by Crippen LogP contribution is 2.36. The Kier molecular flexibility index (Phi) is 8.31. The molecule has 2 saturated heterocycles. The van der Waals surface area contributed by atoms with E-state index in [1.165, 1.54) is 0 Å². The summed E-state index contributed by atoms with van der Waals surface area (Å²) in [5.41, 5.74) is 5.49. The molecule has 0 unspecified atom stereocenters. The van der Waals surface area contributed by atoms with Crippen LogP contribution in [0.15, 0.2) is 48.7 Å². The Bertz CT molecular complexity index is 1620. The van der Waals surface area contributed by atoms with Gasteiger partial charge in [-0.05, 0) is 31.0 Å². The first-order chi connectivity index (χ1) is 20.5. The summed E-state index contributed by atoms with van der Waals surface area (Å²) in [6, 6.07) is 13.9. The lowest BCUT2D eigenvalue weighted by molar-refractivity contribution is -0.120. The van der Waals surface area contributed by atoms with E-state index in [0.29, 0.717) is 61.3 Å². The third kappa shape index (κ3) is 6.23. The van der Waals surface area contributed by atoms with Crippen molar-refractivity contribution in [3.8, 4) is 28.4 Å². The SMILES string of the molecule is COc1nc(-c2cccc(-c3ccc4nc(CNC[C@@H]5CCC(=O)N5)cn4n3)c2Cl)ccc1CNC[C@@H]1CCC(=O)N1. The molecule has 2 amide bonds. The maximum absolute atomic E-state index is 11.4. The fourth-order valence-corrected chi connectivity index (χ4v) is 5.75. The van der Waals surface area contributed by atoms with Crippen LogP contribution in [0, 0.1) is 0 Å². The number of ether oxygens (including phenoxy) is 1. The number of pyridine rings is 1. The summed E-state index contributed by atoms with van der Waals surface area (Å²) in [5, 5.41) is 18.0. The Labute approximate surface area is 248 Å². The molecule has 3 aromatic heterocycles. The number of carbonyl (C=O) groups is 2. The van der Waals surface area contributed by atoms with Gasteiger partial charge >= 0.3 is 0 Å². The van der Waals surface area contributed by atoms with Crippen LogP contribution in [0.5, 0.6) is 5.88 Å². The summed E-state index contributed by atoms with van der Waals surface area (Å²) in [4.78, 5) is 32.3. The third-order valence-corrected chi connectivity index (χ3v) is 8.03. The van der Waals surface area contributed by atoms with Crippen LogP contribution in [0.1, 0.15) is 36.9 Å². The number of halogens is 1. The van der Waals surface area contributed by atoms with Gasteiger partial charge in [0.05, 0.1) is 35.4 Å². The first-order valence-corrected chi connectivity index (χ1v) is 14.5. The third-order valence-electron chi connectivity index (χ3n) is 7.63. The van der Waals surface area contributed by atoms with Crippen molar-refractivity contribution in [2.24, 2.45) is 0 Å². The number of fused-ring (bicyclic) bond motifs is 1. The van der Waals surface area contributed by atoms with Gasteiger partial charge in [0.1, 0.15) is 0 Å². The molecular formula is C30H33ClN8O3. The quantitative estimate of drug-likeness (QED) is 0.210. The first kappa shape index (κ1) is 28.1. The maximum Gasteiger partial charge on any atom is 0.220 e. The van der Waals surface area contributed by atoms with E-state index < -0.39 is 0 Å². The predicted molar refractivity (Wildman–Crippen MR) is 159 cm³/mol. The molecule has 11 nitrogen and oxygen atoms in total. The second-order valence-corrected chi connectivity index (χ2v) is 11.0. The molecule has 0 saturated carbocycles. The first-order valence-electron chi connectivity index (χ1n) is 14.2. The van der Waals surface area contributed by atoms with E-state index in [0.717, 1.165) is 40.9 Å². The van der Waals surface area contributed by atoms with Crippen LogP contribution >= 0.6 is 11.6 Å². The number of carbonyl (C=O) groups excluding carboxylic acids is 2. The summed E-state index contributed by atoms with van der Waals surface area (Å²) in [5.74, 6) is 0.739. The molecule has 0 bridgehead atoms. The van der Waals surface area contributed by atoms with Crippen LogP contribution in [0.4, 0.5) is 0 Å². The topological polar surface area (TPSA) is 135 Å². The summed E-state index contributed by atoms with van der Waals surface area (Å²) >= 11 is 6.95. The van der Waals surface area contributed by atoms with E-state index in [1.54, 1.807) is 11.6 Å². The summed E-state index contributed by atoms with van der Waals surface area (Å²) in [6.07, 6.45) is 4.77. The number of hydrogen-bond acceptors (Lipinski definition) is 8. The second-order valence-electron chi connectivity index (χ2n) is 10.7. The Morgan fingerprint density at radius 3 is 2.24 bits per heavy atom. The highest BCUT2D eigenvalue weighted by Gasteiger charge is 2.21. The number of benzene rings is 1. The van der Waals surface area contributed by atoms with Crippen LogP contribution in [-0.4, -0.2) is 63.7 Å². The summed E-state index contributed by atoms with van der Waals surface area (Å²) < 4.78 is 7.36. The molecule has 0 aliphatic carbocycles. The lowest BCUT2D eigenvalue weighted by Crippen LogP contribution is -2.35. The molecule has 6 rings (SSSR count). The molecule has 2 aliphatic heterocycles. The normalized spacial score (nSPS) is 18.4. The van der Waals surface area contributed by atoms with E-state index in [1.807, 2.05) is 48.7 Å². The minimum absolute atomic E-state index is 0.106. The van der Waals surface area contributed by atoms with Crippen molar-refractivity contribution in [1.82, 2.24) is 40.8 Å². The number of methoxy groups -OCH3 is 1. The van der Waals surface area contributed by atoms with Gasteiger partial charge in [-0.15, -0.1) is 0 Å².